The molecule has 72 valence electrons. The minimum Gasteiger partial charge on any atom is -0.408 e. The molecule has 0 atom stereocenters. The minimum absolute atomic E-state index is 0.0869. The topological polar surface area (TPSA) is 91.0 Å². The van der Waals surface area contributed by atoms with Crippen molar-refractivity contribution in [2.45, 2.75) is 6.42 Å². The van der Waals surface area contributed by atoms with Crippen molar-refractivity contribution >= 4 is 11.7 Å². The van der Waals surface area contributed by atoms with Gasteiger partial charge in [-0.1, -0.05) is 17.2 Å². The molecule has 14 heavy (non-hydrogen) atoms. The Kier molecular flexibility index (Phi) is 2.06. The fourth-order valence-corrected chi connectivity index (χ4v) is 1.22. The highest BCUT2D eigenvalue weighted by molar-refractivity contribution is 5.41. The lowest BCUT2D eigenvalue weighted by Crippen LogP contribution is -1.91. The summed E-state index contributed by atoms with van der Waals surface area (Å²) in [5.41, 5.74) is 12.7. The molecule has 1 aromatic carbocycles. The van der Waals surface area contributed by atoms with Crippen LogP contribution in [0.5, 0.6) is 0 Å². The summed E-state index contributed by atoms with van der Waals surface area (Å²) >= 11 is 0. The molecule has 0 saturated heterocycles. The molecule has 0 spiro atoms. The lowest BCUT2D eigenvalue weighted by atomic mass is 10.1. The van der Waals surface area contributed by atoms with Crippen molar-refractivity contribution in [1.82, 2.24) is 10.2 Å². The Bertz CT molecular complexity index is 438. The van der Waals surface area contributed by atoms with Crippen LogP contribution in [0.2, 0.25) is 0 Å². The first kappa shape index (κ1) is 8.55. The van der Waals surface area contributed by atoms with Crippen molar-refractivity contribution in [2.75, 3.05) is 11.5 Å². The van der Waals surface area contributed by atoms with E-state index in [1.54, 1.807) is 0 Å². The lowest BCUT2D eigenvalue weighted by Gasteiger charge is -1.97. The standard InChI is InChI=1S/C9H10N4O/c10-7-3-1-2-6(4-7)5-8-12-13-9(11)14-8/h1-4H,5,10H2,(H2,11,13). The van der Waals surface area contributed by atoms with Crippen molar-refractivity contribution in [3.8, 4) is 0 Å². The first-order chi connectivity index (χ1) is 6.74. The van der Waals surface area contributed by atoms with Gasteiger partial charge in [0, 0.05) is 5.69 Å². The van der Waals surface area contributed by atoms with E-state index in [1.807, 2.05) is 24.3 Å². The summed E-state index contributed by atoms with van der Waals surface area (Å²) in [6.07, 6.45) is 0.551. The molecule has 0 unspecified atom stereocenters. The maximum atomic E-state index is 5.63. The molecular weight excluding hydrogens is 180 g/mol. The van der Waals surface area contributed by atoms with Crippen LogP contribution in [0, 0.1) is 0 Å². The number of nitrogen functional groups attached to an aromatic ring is 2. The number of aromatic nitrogens is 2. The molecule has 0 radical (unpaired) electrons. The van der Waals surface area contributed by atoms with E-state index in [9.17, 15) is 0 Å². The molecule has 0 aliphatic carbocycles. The SMILES string of the molecule is Nc1cccc(Cc2nnc(N)o2)c1. The Balaban J connectivity index is 2.18. The number of benzene rings is 1. The third-order valence-corrected chi connectivity index (χ3v) is 1.79. The van der Waals surface area contributed by atoms with Crippen LogP contribution in [0.3, 0.4) is 0 Å². The van der Waals surface area contributed by atoms with E-state index in [0.717, 1.165) is 11.3 Å². The van der Waals surface area contributed by atoms with Crippen LogP contribution in [0.4, 0.5) is 11.7 Å². The summed E-state index contributed by atoms with van der Waals surface area (Å²) in [5.74, 6) is 0.494. The summed E-state index contributed by atoms with van der Waals surface area (Å²) in [6.45, 7) is 0. The second-order valence-electron chi connectivity index (χ2n) is 2.96. The highest BCUT2D eigenvalue weighted by Crippen LogP contribution is 2.11. The third kappa shape index (κ3) is 1.82. The Morgan fingerprint density at radius 1 is 1.21 bits per heavy atom. The van der Waals surface area contributed by atoms with Gasteiger partial charge in [0.15, 0.2) is 0 Å². The number of rotatable bonds is 2. The smallest absolute Gasteiger partial charge is 0.312 e. The lowest BCUT2D eigenvalue weighted by molar-refractivity contribution is 0.522. The molecule has 0 amide bonds. The van der Waals surface area contributed by atoms with Gasteiger partial charge in [-0.2, -0.15) is 0 Å². The summed E-state index contributed by atoms with van der Waals surface area (Å²) in [6, 6.07) is 7.59. The Hall–Kier alpha value is -2.04. The molecule has 1 heterocycles. The van der Waals surface area contributed by atoms with E-state index in [-0.39, 0.29) is 6.01 Å². The highest BCUT2D eigenvalue weighted by atomic mass is 16.4. The first-order valence-electron chi connectivity index (χ1n) is 4.16. The molecule has 0 aliphatic rings. The van der Waals surface area contributed by atoms with Crippen LogP contribution in [0.1, 0.15) is 11.5 Å². The van der Waals surface area contributed by atoms with Crippen molar-refractivity contribution in [3.63, 3.8) is 0 Å². The average Bonchev–Trinajstić information content (AvgIpc) is 2.51. The number of nitrogens with zero attached hydrogens (tertiary/aromatic N) is 2. The van der Waals surface area contributed by atoms with E-state index in [2.05, 4.69) is 10.2 Å². The quantitative estimate of drug-likeness (QED) is 0.684. The number of nitrogens with two attached hydrogens (primary N) is 2. The molecule has 2 rings (SSSR count). The van der Waals surface area contributed by atoms with Crippen LogP contribution in [0.25, 0.3) is 0 Å². The molecule has 0 fully saturated rings. The fraction of sp³-hybridized carbons (Fsp3) is 0.111. The predicted octanol–water partition coefficient (Wildman–Crippen LogP) is 0.825. The van der Waals surface area contributed by atoms with E-state index >= 15 is 0 Å². The van der Waals surface area contributed by atoms with Crippen molar-refractivity contribution in [1.29, 1.82) is 0 Å². The average molecular weight is 190 g/mol. The van der Waals surface area contributed by atoms with Gasteiger partial charge >= 0.3 is 6.01 Å². The van der Waals surface area contributed by atoms with Crippen LogP contribution in [-0.4, -0.2) is 10.2 Å². The van der Waals surface area contributed by atoms with E-state index in [1.165, 1.54) is 0 Å². The molecule has 0 aliphatic heterocycles. The largest absolute Gasteiger partial charge is 0.408 e. The Labute approximate surface area is 80.7 Å². The minimum atomic E-state index is 0.0869. The van der Waals surface area contributed by atoms with Crippen molar-refractivity contribution in [2.24, 2.45) is 0 Å². The number of anilines is 2. The van der Waals surface area contributed by atoms with Crippen LogP contribution in [0.15, 0.2) is 28.7 Å². The van der Waals surface area contributed by atoms with Gasteiger partial charge in [-0.05, 0) is 17.7 Å². The van der Waals surface area contributed by atoms with Gasteiger partial charge in [-0.25, -0.2) is 0 Å². The number of hydrogen-bond donors (Lipinski definition) is 2. The maximum absolute atomic E-state index is 5.63. The summed E-state index contributed by atoms with van der Waals surface area (Å²) in [4.78, 5) is 0. The van der Waals surface area contributed by atoms with Crippen LogP contribution in [-0.2, 0) is 6.42 Å². The second kappa shape index (κ2) is 3.37. The fourth-order valence-electron chi connectivity index (χ4n) is 1.22. The number of hydrogen-bond acceptors (Lipinski definition) is 5. The molecule has 5 heteroatoms. The van der Waals surface area contributed by atoms with Gasteiger partial charge < -0.3 is 15.9 Å². The summed E-state index contributed by atoms with van der Waals surface area (Å²) in [5, 5.41) is 7.32. The van der Waals surface area contributed by atoms with Crippen LogP contribution >= 0.6 is 0 Å². The monoisotopic (exact) mass is 190 g/mol. The van der Waals surface area contributed by atoms with E-state index in [0.29, 0.717) is 12.3 Å². The Morgan fingerprint density at radius 2 is 2.07 bits per heavy atom. The van der Waals surface area contributed by atoms with Crippen molar-refractivity contribution in [3.05, 3.63) is 35.7 Å². The molecule has 4 N–H and O–H groups in total. The zero-order valence-electron chi connectivity index (χ0n) is 7.47. The van der Waals surface area contributed by atoms with Gasteiger partial charge in [0.25, 0.3) is 0 Å². The first-order valence-corrected chi connectivity index (χ1v) is 4.16. The third-order valence-electron chi connectivity index (χ3n) is 1.79. The van der Waals surface area contributed by atoms with Gasteiger partial charge in [-0.3, -0.25) is 0 Å². The highest BCUT2D eigenvalue weighted by Gasteiger charge is 2.03. The molecular formula is C9H10N4O. The van der Waals surface area contributed by atoms with Gasteiger partial charge in [0.1, 0.15) is 0 Å². The molecule has 0 bridgehead atoms. The van der Waals surface area contributed by atoms with Crippen molar-refractivity contribution < 1.29 is 4.42 Å². The predicted molar refractivity (Wildman–Crippen MR) is 52.4 cm³/mol. The summed E-state index contributed by atoms with van der Waals surface area (Å²) < 4.78 is 5.04. The molecule has 0 saturated carbocycles. The van der Waals surface area contributed by atoms with Gasteiger partial charge in [-0.15, -0.1) is 5.10 Å². The normalized spacial score (nSPS) is 10.3. The van der Waals surface area contributed by atoms with E-state index < -0.39 is 0 Å². The zero-order chi connectivity index (χ0) is 9.97. The zero-order valence-corrected chi connectivity index (χ0v) is 7.47. The van der Waals surface area contributed by atoms with Gasteiger partial charge in [0.2, 0.25) is 5.89 Å². The molecule has 5 nitrogen and oxygen atoms in total. The summed E-state index contributed by atoms with van der Waals surface area (Å²) in [7, 11) is 0. The molecule has 2 aromatic rings. The van der Waals surface area contributed by atoms with Crippen LogP contribution < -0.4 is 11.5 Å². The Morgan fingerprint density at radius 3 is 2.71 bits per heavy atom. The van der Waals surface area contributed by atoms with Gasteiger partial charge in [0.05, 0.1) is 6.42 Å². The maximum Gasteiger partial charge on any atom is 0.312 e. The second-order valence-corrected chi connectivity index (χ2v) is 2.96. The molecule has 1 aromatic heterocycles. The van der Waals surface area contributed by atoms with E-state index in [4.69, 9.17) is 15.9 Å².